The largest absolute Gasteiger partial charge is 0.289 e. The van der Waals surface area contributed by atoms with Crippen LogP contribution in [0.1, 0.15) is 21.6 Å². The molecule has 2 nitrogen and oxygen atoms in total. The molecule has 0 saturated heterocycles. The minimum atomic E-state index is 0.00292. The van der Waals surface area contributed by atoms with Gasteiger partial charge in [-0.2, -0.15) is 0 Å². The number of pyridine rings is 1. The Morgan fingerprint density at radius 2 is 1.28 bits per heavy atom. The molecule has 0 aliphatic heterocycles. The number of carbonyl (C=O) groups is 1. The fourth-order valence-corrected chi connectivity index (χ4v) is 3.20. The van der Waals surface area contributed by atoms with Gasteiger partial charge in [0.2, 0.25) is 0 Å². The van der Waals surface area contributed by atoms with Crippen LogP contribution in [0.3, 0.4) is 0 Å². The van der Waals surface area contributed by atoms with Gasteiger partial charge in [0.1, 0.15) is 0 Å². The Bertz CT molecular complexity index is 1050. The van der Waals surface area contributed by atoms with Gasteiger partial charge >= 0.3 is 0 Å². The van der Waals surface area contributed by atoms with E-state index in [0.717, 1.165) is 27.7 Å². The summed E-state index contributed by atoms with van der Waals surface area (Å²) in [6.07, 6.45) is 0. The van der Waals surface area contributed by atoms with Crippen LogP contribution in [-0.2, 0) is 0 Å². The van der Waals surface area contributed by atoms with E-state index in [9.17, 15) is 4.79 Å². The first kappa shape index (κ1) is 15.3. The van der Waals surface area contributed by atoms with Gasteiger partial charge in [-0.25, -0.2) is 0 Å². The minimum Gasteiger partial charge on any atom is -0.289 e. The van der Waals surface area contributed by atoms with Gasteiger partial charge in [0, 0.05) is 22.2 Å². The van der Waals surface area contributed by atoms with E-state index in [1.165, 1.54) is 0 Å². The molecule has 0 spiro atoms. The Hall–Kier alpha value is -3.26. The van der Waals surface area contributed by atoms with Crippen LogP contribution >= 0.6 is 0 Å². The second-order valence-corrected chi connectivity index (χ2v) is 6.03. The summed E-state index contributed by atoms with van der Waals surface area (Å²) >= 11 is 0. The average molecular weight is 323 g/mol. The standard InChI is InChI=1S/C23H17NO/c1-16-19-14-8-9-15-20(19)21(23(25)18-12-6-3-7-13-18)22(24-16)17-10-4-2-5-11-17/h2-15H,1H3. The van der Waals surface area contributed by atoms with Crippen molar-refractivity contribution in [2.75, 3.05) is 0 Å². The van der Waals surface area contributed by atoms with E-state index in [1.54, 1.807) is 0 Å². The molecule has 120 valence electrons. The molecule has 1 aromatic heterocycles. The molecular weight excluding hydrogens is 306 g/mol. The molecule has 4 rings (SSSR count). The van der Waals surface area contributed by atoms with Gasteiger partial charge in [0.25, 0.3) is 0 Å². The summed E-state index contributed by atoms with van der Waals surface area (Å²) in [4.78, 5) is 18.1. The molecule has 0 atom stereocenters. The Morgan fingerprint density at radius 3 is 1.96 bits per heavy atom. The van der Waals surface area contributed by atoms with Crippen LogP contribution < -0.4 is 0 Å². The van der Waals surface area contributed by atoms with Crippen LogP contribution in [0.2, 0.25) is 0 Å². The molecule has 0 saturated carbocycles. The van der Waals surface area contributed by atoms with Gasteiger partial charge in [-0.1, -0.05) is 84.9 Å². The molecule has 0 radical (unpaired) electrons. The van der Waals surface area contributed by atoms with E-state index < -0.39 is 0 Å². The molecule has 4 aromatic rings. The lowest BCUT2D eigenvalue weighted by atomic mass is 9.92. The molecule has 1 heterocycles. The quantitative estimate of drug-likeness (QED) is 0.470. The molecule has 0 unspecified atom stereocenters. The fourth-order valence-electron chi connectivity index (χ4n) is 3.20. The third kappa shape index (κ3) is 2.72. The summed E-state index contributed by atoms with van der Waals surface area (Å²) in [6.45, 7) is 1.99. The number of aromatic nitrogens is 1. The van der Waals surface area contributed by atoms with E-state index in [0.29, 0.717) is 11.1 Å². The van der Waals surface area contributed by atoms with Gasteiger partial charge in [0.05, 0.1) is 11.3 Å². The molecule has 0 amide bonds. The van der Waals surface area contributed by atoms with Crippen LogP contribution in [0.25, 0.3) is 22.0 Å². The number of carbonyl (C=O) groups excluding carboxylic acids is 1. The zero-order valence-corrected chi connectivity index (χ0v) is 13.9. The van der Waals surface area contributed by atoms with Crippen molar-refractivity contribution in [1.82, 2.24) is 4.98 Å². The van der Waals surface area contributed by atoms with E-state index >= 15 is 0 Å². The lowest BCUT2D eigenvalue weighted by Crippen LogP contribution is -2.07. The number of aryl methyl sites for hydroxylation is 1. The van der Waals surface area contributed by atoms with E-state index in [-0.39, 0.29) is 5.78 Å². The van der Waals surface area contributed by atoms with Gasteiger partial charge < -0.3 is 0 Å². The summed E-state index contributed by atoms with van der Waals surface area (Å²) < 4.78 is 0. The van der Waals surface area contributed by atoms with Crippen molar-refractivity contribution < 1.29 is 4.79 Å². The van der Waals surface area contributed by atoms with Gasteiger partial charge in [0.15, 0.2) is 5.78 Å². The number of benzene rings is 3. The molecule has 25 heavy (non-hydrogen) atoms. The molecule has 0 fully saturated rings. The predicted molar refractivity (Wildman–Crippen MR) is 102 cm³/mol. The van der Waals surface area contributed by atoms with Crippen molar-refractivity contribution in [3.05, 3.63) is 102 Å². The number of hydrogen-bond acceptors (Lipinski definition) is 2. The Morgan fingerprint density at radius 1 is 0.720 bits per heavy atom. The first-order valence-corrected chi connectivity index (χ1v) is 8.30. The normalized spacial score (nSPS) is 10.8. The lowest BCUT2D eigenvalue weighted by molar-refractivity contribution is 0.104. The van der Waals surface area contributed by atoms with Gasteiger partial charge in [-0.3, -0.25) is 9.78 Å². The summed E-state index contributed by atoms with van der Waals surface area (Å²) in [5.41, 5.74) is 3.97. The van der Waals surface area contributed by atoms with Crippen LogP contribution in [0.4, 0.5) is 0 Å². The SMILES string of the molecule is Cc1nc(-c2ccccc2)c(C(=O)c2ccccc2)c2ccccc12. The summed E-state index contributed by atoms with van der Waals surface area (Å²) in [5, 5.41) is 1.96. The molecular formula is C23H17NO. The van der Waals surface area contributed by atoms with Crippen molar-refractivity contribution in [2.24, 2.45) is 0 Å². The second kappa shape index (κ2) is 6.33. The third-order valence-corrected chi connectivity index (χ3v) is 4.41. The number of ketones is 1. The fraction of sp³-hybridized carbons (Fsp3) is 0.0435. The molecule has 0 N–H and O–H groups in total. The zero-order valence-electron chi connectivity index (χ0n) is 13.9. The molecule has 0 aliphatic carbocycles. The van der Waals surface area contributed by atoms with E-state index in [1.807, 2.05) is 91.9 Å². The lowest BCUT2D eigenvalue weighted by Gasteiger charge is -2.14. The van der Waals surface area contributed by atoms with Crippen LogP contribution in [-0.4, -0.2) is 10.8 Å². The topological polar surface area (TPSA) is 30.0 Å². The highest BCUT2D eigenvalue weighted by molar-refractivity contribution is 6.20. The van der Waals surface area contributed by atoms with E-state index in [2.05, 4.69) is 0 Å². The molecule has 2 heteroatoms. The average Bonchev–Trinajstić information content (AvgIpc) is 2.69. The Labute approximate surface area is 146 Å². The molecule has 0 aliphatic rings. The minimum absolute atomic E-state index is 0.00292. The maximum atomic E-state index is 13.3. The van der Waals surface area contributed by atoms with Crippen LogP contribution in [0, 0.1) is 6.92 Å². The second-order valence-electron chi connectivity index (χ2n) is 6.03. The summed E-state index contributed by atoms with van der Waals surface area (Å²) in [6, 6.07) is 27.3. The number of rotatable bonds is 3. The van der Waals surface area contributed by atoms with Crippen molar-refractivity contribution in [2.45, 2.75) is 6.92 Å². The number of nitrogens with zero attached hydrogens (tertiary/aromatic N) is 1. The van der Waals surface area contributed by atoms with Crippen molar-refractivity contribution in [3.63, 3.8) is 0 Å². The maximum Gasteiger partial charge on any atom is 0.195 e. The first-order chi connectivity index (χ1) is 12.3. The van der Waals surface area contributed by atoms with Crippen LogP contribution in [0.15, 0.2) is 84.9 Å². The van der Waals surface area contributed by atoms with Crippen LogP contribution in [0.5, 0.6) is 0 Å². The third-order valence-electron chi connectivity index (χ3n) is 4.41. The Balaban J connectivity index is 2.07. The van der Waals surface area contributed by atoms with Gasteiger partial charge in [-0.15, -0.1) is 0 Å². The summed E-state index contributed by atoms with van der Waals surface area (Å²) in [7, 11) is 0. The maximum absolute atomic E-state index is 13.3. The first-order valence-electron chi connectivity index (χ1n) is 8.30. The molecule has 3 aromatic carbocycles. The zero-order chi connectivity index (χ0) is 17.2. The highest BCUT2D eigenvalue weighted by Gasteiger charge is 2.20. The number of hydrogen-bond donors (Lipinski definition) is 0. The highest BCUT2D eigenvalue weighted by Crippen LogP contribution is 2.32. The predicted octanol–water partition coefficient (Wildman–Crippen LogP) is 5.44. The van der Waals surface area contributed by atoms with Crippen molar-refractivity contribution in [1.29, 1.82) is 0 Å². The molecule has 0 bridgehead atoms. The monoisotopic (exact) mass is 323 g/mol. The smallest absolute Gasteiger partial charge is 0.195 e. The van der Waals surface area contributed by atoms with E-state index in [4.69, 9.17) is 4.98 Å². The van der Waals surface area contributed by atoms with Crippen molar-refractivity contribution in [3.8, 4) is 11.3 Å². The summed E-state index contributed by atoms with van der Waals surface area (Å²) in [5.74, 6) is 0.00292. The van der Waals surface area contributed by atoms with Gasteiger partial charge in [-0.05, 0) is 12.3 Å². The van der Waals surface area contributed by atoms with Crippen molar-refractivity contribution >= 4 is 16.6 Å². The number of fused-ring (bicyclic) bond motifs is 1. The highest BCUT2D eigenvalue weighted by atomic mass is 16.1. The Kier molecular flexibility index (Phi) is 3.87.